The van der Waals surface area contributed by atoms with E-state index in [9.17, 15) is 31.2 Å². The minimum atomic E-state index is -4.58. The van der Waals surface area contributed by atoms with Crippen molar-refractivity contribution in [2.24, 2.45) is 0 Å². The predicted octanol–water partition coefficient (Wildman–Crippen LogP) is 4.18. The Morgan fingerprint density at radius 1 is 1.00 bits per heavy atom. The molecule has 0 saturated heterocycles. The monoisotopic (exact) mass is 497 g/mol. The molecular weight excluding hydrogens is 471 g/mol. The largest absolute Gasteiger partial charge is 0.405 e. The van der Waals surface area contributed by atoms with Gasteiger partial charge in [0.25, 0.3) is 11.8 Å². The number of carbonyl (C=O) groups excluding carboxylic acids is 2. The van der Waals surface area contributed by atoms with E-state index < -0.39 is 34.6 Å². The molecular formula is C23H26F3N3O4S. The number of benzene rings is 2. The number of carbonyl (C=O) groups is 2. The van der Waals surface area contributed by atoms with Gasteiger partial charge in [-0.15, -0.1) is 0 Å². The van der Waals surface area contributed by atoms with Crippen molar-refractivity contribution in [3.63, 3.8) is 0 Å². The molecule has 3 rings (SSSR count). The van der Waals surface area contributed by atoms with E-state index in [2.05, 4.69) is 5.32 Å². The van der Waals surface area contributed by atoms with Crippen LogP contribution in [-0.4, -0.2) is 50.3 Å². The molecule has 184 valence electrons. The highest BCUT2D eigenvalue weighted by Gasteiger charge is 2.30. The highest BCUT2D eigenvalue weighted by atomic mass is 32.2. The van der Waals surface area contributed by atoms with Crippen LogP contribution < -0.4 is 10.6 Å². The Labute approximate surface area is 196 Å². The first-order valence-electron chi connectivity index (χ1n) is 10.8. The topological polar surface area (TPSA) is 95.6 Å². The predicted molar refractivity (Wildman–Crippen MR) is 121 cm³/mol. The maximum Gasteiger partial charge on any atom is 0.405 e. The number of rotatable bonds is 7. The molecule has 1 fully saturated rings. The van der Waals surface area contributed by atoms with Crippen LogP contribution in [0.1, 0.15) is 52.8 Å². The lowest BCUT2D eigenvalue weighted by molar-refractivity contribution is -0.123. The van der Waals surface area contributed by atoms with Crippen LogP contribution in [0.4, 0.5) is 18.9 Å². The standard InChI is InChI=1S/C23H26F3N3O4S/c1-29(17-9-3-2-4-10-17)34(32,33)18-11-7-8-16(14-18)21(30)28-20-13-6-5-12-19(20)22(31)27-15-23(24,25)26/h5-8,11-14,17H,2-4,9-10,15H2,1H3,(H,27,31)(H,28,30). The molecule has 2 N–H and O–H groups in total. The summed E-state index contributed by atoms with van der Waals surface area (Å²) in [5.41, 5.74) is -0.121. The molecule has 0 atom stereocenters. The Kier molecular flexibility index (Phi) is 7.98. The quantitative estimate of drug-likeness (QED) is 0.600. The average Bonchev–Trinajstić information content (AvgIpc) is 2.82. The minimum absolute atomic E-state index is 0.000224. The molecule has 0 unspecified atom stereocenters. The summed E-state index contributed by atoms with van der Waals surface area (Å²) in [7, 11) is -2.29. The number of para-hydroxylation sites is 1. The van der Waals surface area contributed by atoms with E-state index in [0.29, 0.717) is 0 Å². The lowest BCUT2D eigenvalue weighted by atomic mass is 9.96. The van der Waals surface area contributed by atoms with Gasteiger partial charge >= 0.3 is 6.18 Å². The highest BCUT2D eigenvalue weighted by Crippen LogP contribution is 2.27. The molecule has 1 saturated carbocycles. The van der Waals surface area contributed by atoms with Gasteiger partial charge in [-0.1, -0.05) is 37.5 Å². The molecule has 0 aliphatic heterocycles. The molecule has 0 radical (unpaired) electrons. The first kappa shape index (κ1) is 25.7. The van der Waals surface area contributed by atoms with E-state index in [1.165, 1.54) is 59.9 Å². The summed E-state index contributed by atoms with van der Waals surface area (Å²) >= 11 is 0. The van der Waals surface area contributed by atoms with Gasteiger partial charge < -0.3 is 10.6 Å². The van der Waals surface area contributed by atoms with Crippen molar-refractivity contribution in [1.29, 1.82) is 0 Å². The van der Waals surface area contributed by atoms with Gasteiger partial charge in [0.1, 0.15) is 6.54 Å². The molecule has 1 aliphatic carbocycles. The first-order chi connectivity index (χ1) is 16.0. The second kappa shape index (κ2) is 10.6. The molecule has 2 aromatic carbocycles. The van der Waals surface area contributed by atoms with Crippen LogP contribution >= 0.6 is 0 Å². The van der Waals surface area contributed by atoms with Gasteiger partial charge in [0, 0.05) is 18.7 Å². The number of nitrogens with one attached hydrogen (secondary N) is 2. The maximum atomic E-state index is 13.1. The van der Waals surface area contributed by atoms with Gasteiger partial charge in [-0.05, 0) is 43.2 Å². The van der Waals surface area contributed by atoms with Crippen LogP contribution in [-0.2, 0) is 10.0 Å². The Balaban J connectivity index is 1.78. The highest BCUT2D eigenvalue weighted by molar-refractivity contribution is 7.89. The van der Waals surface area contributed by atoms with Gasteiger partial charge in [-0.2, -0.15) is 17.5 Å². The van der Waals surface area contributed by atoms with Crippen molar-refractivity contribution in [2.75, 3.05) is 18.9 Å². The lowest BCUT2D eigenvalue weighted by Gasteiger charge is -2.30. The fraction of sp³-hybridized carbons (Fsp3) is 0.391. The summed E-state index contributed by atoms with van der Waals surface area (Å²) in [5.74, 6) is -1.70. The molecule has 2 aromatic rings. The van der Waals surface area contributed by atoms with Crippen LogP contribution in [0.5, 0.6) is 0 Å². The van der Waals surface area contributed by atoms with Gasteiger partial charge in [0.15, 0.2) is 0 Å². The van der Waals surface area contributed by atoms with E-state index in [1.54, 1.807) is 5.32 Å². The zero-order valence-electron chi connectivity index (χ0n) is 18.6. The third-order valence-corrected chi connectivity index (χ3v) is 7.64. The van der Waals surface area contributed by atoms with Gasteiger partial charge in [-0.25, -0.2) is 8.42 Å². The molecule has 0 spiro atoms. The van der Waals surface area contributed by atoms with Crippen molar-refractivity contribution in [2.45, 2.75) is 49.2 Å². The molecule has 2 amide bonds. The smallest absolute Gasteiger partial charge is 0.343 e. The summed E-state index contributed by atoms with van der Waals surface area (Å²) in [6, 6.07) is 11.0. The Bertz CT molecular complexity index is 1150. The van der Waals surface area contributed by atoms with E-state index in [0.717, 1.165) is 32.1 Å². The Hall–Kier alpha value is -2.92. The average molecular weight is 498 g/mol. The molecule has 0 heterocycles. The van der Waals surface area contributed by atoms with Crippen LogP contribution in [0.25, 0.3) is 0 Å². The summed E-state index contributed by atoms with van der Waals surface area (Å²) < 4.78 is 64.9. The maximum absolute atomic E-state index is 13.1. The first-order valence-corrected chi connectivity index (χ1v) is 12.3. The molecule has 1 aliphatic rings. The number of sulfonamides is 1. The normalized spacial score (nSPS) is 15.2. The second-order valence-corrected chi connectivity index (χ2v) is 10.1. The number of alkyl halides is 3. The van der Waals surface area contributed by atoms with Gasteiger partial charge in [0.2, 0.25) is 10.0 Å². The number of amides is 2. The fourth-order valence-corrected chi connectivity index (χ4v) is 5.33. The van der Waals surface area contributed by atoms with Gasteiger partial charge in [0.05, 0.1) is 16.1 Å². The summed E-state index contributed by atoms with van der Waals surface area (Å²) in [6.07, 6.45) is -0.0155. The van der Waals surface area contributed by atoms with E-state index in [1.807, 2.05) is 0 Å². The van der Waals surface area contributed by atoms with E-state index >= 15 is 0 Å². The zero-order chi connectivity index (χ0) is 24.9. The van der Waals surface area contributed by atoms with Crippen molar-refractivity contribution in [3.05, 3.63) is 59.7 Å². The number of hydrogen-bond acceptors (Lipinski definition) is 4. The van der Waals surface area contributed by atoms with Crippen molar-refractivity contribution in [3.8, 4) is 0 Å². The number of hydrogen-bond donors (Lipinski definition) is 2. The summed E-state index contributed by atoms with van der Waals surface area (Å²) in [4.78, 5) is 25.0. The minimum Gasteiger partial charge on any atom is -0.343 e. The van der Waals surface area contributed by atoms with E-state index in [4.69, 9.17) is 0 Å². The Morgan fingerprint density at radius 3 is 2.35 bits per heavy atom. The SMILES string of the molecule is CN(C1CCCCC1)S(=O)(=O)c1cccc(C(=O)Nc2ccccc2C(=O)NCC(F)(F)F)c1. The molecule has 0 bridgehead atoms. The molecule has 0 aromatic heterocycles. The summed E-state index contributed by atoms with van der Waals surface area (Å²) in [6.45, 7) is -1.51. The van der Waals surface area contributed by atoms with Crippen molar-refractivity contribution < 1.29 is 31.2 Å². The van der Waals surface area contributed by atoms with Crippen LogP contribution in [0.3, 0.4) is 0 Å². The second-order valence-electron chi connectivity index (χ2n) is 8.14. The molecule has 11 heteroatoms. The number of halogens is 3. The van der Waals surface area contributed by atoms with Crippen LogP contribution in [0, 0.1) is 0 Å². The third-order valence-electron chi connectivity index (χ3n) is 5.73. The van der Waals surface area contributed by atoms with Crippen LogP contribution in [0.15, 0.2) is 53.4 Å². The van der Waals surface area contributed by atoms with Gasteiger partial charge in [-0.3, -0.25) is 9.59 Å². The third kappa shape index (κ3) is 6.35. The molecule has 7 nitrogen and oxygen atoms in total. The number of anilines is 1. The number of nitrogens with zero attached hydrogens (tertiary/aromatic N) is 1. The Morgan fingerprint density at radius 2 is 1.68 bits per heavy atom. The van der Waals surface area contributed by atoms with Crippen LogP contribution in [0.2, 0.25) is 0 Å². The van der Waals surface area contributed by atoms with E-state index in [-0.39, 0.29) is 27.8 Å². The lowest BCUT2D eigenvalue weighted by Crippen LogP contribution is -2.38. The molecule has 34 heavy (non-hydrogen) atoms. The van der Waals surface area contributed by atoms with Crippen molar-refractivity contribution >= 4 is 27.5 Å². The summed E-state index contributed by atoms with van der Waals surface area (Å²) in [5, 5.41) is 4.25. The fourth-order valence-electron chi connectivity index (χ4n) is 3.87. The zero-order valence-corrected chi connectivity index (χ0v) is 19.4. The van der Waals surface area contributed by atoms with Crippen molar-refractivity contribution in [1.82, 2.24) is 9.62 Å².